The average molecular weight is 253 g/mol. The Morgan fingerprint density at radius 2 is 1.78 bits per heavy atom. The van der Waals surface area contributed by atoms with Crippen LogP contribution in [0.4, 0.5) is 0 Å². The fourth-order valence-corrected chi connectivity index (χ4v) is 3.53. The van der Waals surface area contributed by atoms with Crippen LogP contribution in [-0.4, -0.2) is 24.8 Å². The molecule has 2 aliphatic carbocycles. The average Bonchev–Trinajstić information content (AvgIpc) is 2.38. The summed E-state index contributed by atoms with van der Waals surface area (Å²) in [6.07, 6.45) is 12.9. The monoisotopic (exact) mass is 253 g/mol. The van der Waals surface area contributed by atoms with Crippen LogP contribution in [0.1, 0.15) is 71.6 Å². The van der Waals surface area contributed by atoms with Crippen molar-refractivity contribution >= 4 is 0 Å². The van der Waals surface area contributed by atoms with Crippen LogP contribution in [0.3, 0.4) is 0 Å². The van der Waals surface area contributed by atoms with Crippen molar-refractivity contribution < 1.29 is 4.74 Å². The third-order valence-electron chi connectivity index (χ3n) is 4.63. The lowest BCUT2D eigenvalue weighted by Crippen LogP contribution is -2.37. The van der Waals surface area contributed by atoms with Crippen molar-refractivity contribution in [2.45, 2.75) is 89.9 Å². The molecule has 2 rings (SSSR count). The summed E-state index contributed by atoms with van der Waals surface area (Å²) in [5.41, 5.74) is 0. The molecule has 0 bridgehead atoms. The van der Waals surface area contributed by atoms with Crippen LogP contribution in [0.15, 0.2) is 0 Å². The molecule has 18 heavy (non-hydrogen) atoms. The molecule has 0 aliphatic heterocycles. The highest BCUT2D eigenvalue weighted by atomic mass is 16.5. The molecule has 0 aromatic carbocycles. The Labute approximate surface area is 113 Å². The van der Waals surface area contributed by atoms with Crippen LogP contribution in [-0.2, 0) is 4.74 Å². The van der Waals surface area contributed by atoms with Gasteiger partial charge in [-0.3, -0.25) is 0 Å². The molecule has 2 aliphatic rings. The van der Waals surface area contributed by atoms with Crippen molar-refractivity contribution in [3.63, 3.8) is 0 Å². The molecule has 1 N–H and O–H groups in total. The third-order valence-corrected chi connectivity index (χ3v) is 4.63. The molecule has 0 aromatic rings. The van der Waals surface area contributed by atoms with Crippen molar-refractivity contribution in [2.24, 2.45) is 5.92 Å². The Kier molecular flexibility index (Phi) is 5.97. The van der Waals surface area contributed by atoms with Crippen LogP contribution in [0, 0.1) is 5.92 Å². The van der Waals surface area contributed by atoms with E-state index in [4.69, 9.17) is 4.74 Å². The van der Waals surface area contributed by atoms with E-state index in [2.05, 4.69) is 19.2 Å². The normalized spacial score (nSPS) is 37.7. The Morgan fingerprint density at radius 1 is 1.00 bits per heavy atom. The molecule has 0 radical (unpaired) electrons. The van der Waals surface area contributed by atoms with Crippen LogP contribution < -0.4 is 5.32 Å². The number of hydrogen-bond acceptors (Lipinski definition) is 2. The summed E-state index contributed by atoms with van der Waals surface area (Å²) >= 11 is 0. The summed E-state index contributed by atoms with van der Waals surface area (Å²) in [6, 6.07) is 0.759. The number of ether oxygens (including phenoxy) is 1. The van der Waals surface area contributed by atoms with Gasteiger partial charge >= 0.3 is 0 Å². The molecule has 2 atom stereocenters. The summed E-state index contributed by atoms with van der Waals surface area (Å²) in [7, 11) is 0. The second-order valence-electron chi connectivity index (χ2n) is 6.46. The predicted octanol–water partition coefficient (Wildman–Crippen LogP) is 3.89. The number of hydrogen-bond donors (Lipinski definition) is 1. The Balaban J connectivity index is 1.63. The first-order valence-electron chi connectivity index (χ1n) is 8.16. The molecule has 0 spiro atoms. The summed E-state index contributed by atoms with van der Waals surface area (Å²) in [4.78, 5) is 0. The molecule has 0 amide bonds. The maximum Gasteiger partial charge on any atom is 0.0581 e. The SMILES string of the molecule is CCCNC1CCC(OC2CCCC(C)C2)CC1. The van der Waals surface area contributed by atoms with Gasteiger partial charge in [-0.05, 0) is 57.4 Å². The van der Waals surface area contributed by atoms with Gasteiger partial charge in [0.1, 0.15) is 0 Å². The molecule has 2 unspecified atom stereocenters. The van der Waals surface area contributed by atoms with Gasteiger partial charge in [0.2, 0.25) is 0 Å². The lowest BCUT2D eigenvalue weighted by molar-refractivity contribution is -0.0557. The molecule has 2 heteroatoms. The molecule has 0 saturated heterocycles. The molecule has 2 saturated carbocycles. The minimum atomic E-state index is 0.556. The highest BCUT2D eigenvalue weighted by Gasteiger charge is 2.26. The molecule has 2 nitrogen and oxygen atoms in total. The molecular weight excluding hydrogens is 222 g/mol. The molecule has 2 fully saturated rings. The van der Waals surface area contributed by atoms with Gasteiger partial charge in [-0.1, -0.05) is 26.7 Å². The van der Waals surface area contributed by atoms with Crippen LogP contribution >= 0.6 is 0 Å². The van der Waals surface area contributed by atoms with Gasteiger partial charge in [0.25, 0.3) is 0 Å². The number of rotatable bonds is 5. The first-order chi connectivity index (χ1) is 8.78. The standard InChI is InChI=1S/C16H31NO/c1-3-11-17-14-7-9-15(10-8-14)18-16-6-4-5-13(2)12-16/h13-17H,3-12H2,1-2H3. The van der Waals surface area contributed by atoms with E-state index in [0.717, 1.165) is 12.0 Å². The third kappa shape index (κ3) is 4.55. The van der Waals surface area contributed by atoms with Gasteiger partial charge in [0, 0.05) is 6.04 Å². The fraction of sp³-hybridized carbons (Fsp3) is 1.00. The summed E-state index contributed by atoms with van der Waals surface area (Å²) in [5.74, 6) is 0.881. The Morgan fingerprint density at radius 3 is 2.44 bits per heavy atom. The van der Waals surface area contributed by atoms with Gasteiger partial charge < -0.3 is 10.1 Å². The summed E-state index contributed by atoms with van der Waals surface area (Å²) in [5, 5.41) is 3.65. The summed E-state index contributed by atoms with van der Waals surface area (Å²) in [6.45, 7) is 5.80. The minimum Gasteiger partial charge on any atom is -0.375 e. The molecule has 0 aromatic heterocycles. The smallest absolute Gasteiger partial charge is 0.0581 e. The fourth-order valence-electron chi connectivity index (χ4n) is 3.53. The second kappa shape index (κ2) is 7.49. The second-order valence-corrected chi connectivity index (χ2v) is 6.46. The van der Waals surface area contributed by atoms with Crippen LogP contribution in [0.2, 0.25) is 0 Å². The van der Waals surface area contributed by atoms with Gasteiger partial charge in [-0.15, -0.1) is 0 Å². The molecule has 0 heterocycles. The quantitative estimate of drug-likeness (QED) is 0.802. The highest BCUT2D eigenvalue weighted by molar-refractivity contribution is 4.79. The first-order valence-corrected chi connectivity index (χ1v) is 8.16. The zero-order chi connectivity index (χ0) is 12.8. The van der Waals surface area contributed by atoms with E-state index >= 15 is 0 Å². The van der Waals surface area contributed by atoms with Gasteiger partial charge in [0.15, 0.2) is 0 Å². The predicted molar refractivity (Wildman–Crippen MR) is 76.8 cm³/mol. The Hall–Kier alpha value is -0.0800. The van der Waals surface area contributed by atoms with E-state index in [1.165, 1.54) is 64.3 Å². The van der Waals surface area contributed by atoms with Gasteiger partial charge in [-0.25, -0.2) is 0 Å². The molecule has 106 valence electrons. The van der Waals surface area contributed by atoms with Crippen molar-refractivity contribution in [1.29, 1.82) is 0 Å². The van der Waals surface area contributed by atoms with E-state index in [9.17, 15) is 0 Å². The van der Waals surface area contributed by atoms with Crippen molar-refractivity contribution in [1.82, 2.24) is 5.32 Å². The largest absolute Gasteiger partial charge is 0.375 e. The van der Waals surface area contributed by atoms with E-state index in [-0.39, 0.29) is 0 Å². The number of nitrogens with one attached hydrogen (secondary N) is 1. The van der Waals surface area contributed by atoms with Crippen molar-refractivity contribution in [3.8, 4) is 0 Å². The topological polar surface area (TPSA) is 21.3 Å². The van der Waals surface area contributed by atoms with E-state index in [1.54, 1.807) is 0 Å². The van der Waals surface area contributed by atoms with E-state index in [0.29, 0.717) is 12.2 Å². The highest BCUT2D eigenvalue weighted by Crippen LogP contribution is 2.30. The van der Waals surface area contributed by atoms with E-state index < -0.39 is 0 Å². The summed E-state index contributed by atoms with van der Waals surface area (Å²) < 4.78 is 6.33. The maximum absolute atomic E-state index is 6.33. The molecular formula is C16H31NO. The zero-order valence-corrected chi connectivity index (χ0v) is 12.3. The first kappa shape index (κ1) is 14.3. The lowest BCUT2D eigenvalue weighted by Gasteiger charge is -2.34. The van der Waals surface area contributed by atoms with Crippen LogP contribution in [0.5, 0.6) is 0 Å². The lowest BCUT2D eigenvalue weighted by atomic mass is 9.87. The zero-order valence-electron chi connectivity index (χ0n) is 12.3. The van der Waals surface area contributed by atoms with Crippen molar-refractivity contribution in [3.05, 3.63) is 0 Å². The minimum absolute atomic E-state index is 0.556. The van der Waals surface area contributed by atoms with Crippen molar-refractivity contribution in [2.75, 3.05) is 6.54 Å². The van der Waals surface area contributed by atoms with Gasteiger partial charge in [-0.2, -0.15) is 0 Å². The van der Waals surface area contributed by atoms with Gasteiger partial charge in [0.05, 0.1) is 12.2 Å². The van der Waals surface area contributed by atoms with Crippen LogP contribution in [0.25, 0.3) is 0 Å². The Bertz CT molecular complexity index is 223. The maximum atomic E-state index is 6.33. The van der Waals surface area contributed by atoms with E-state index in [1.807, 2.05) is 0 Å².